The van der Waals surface area contributed by atoms with Gasteiger partial charge in [0.25, 0.3) is 0 Å². The Morgan fingerprint density at radius 3 is 1.92 bits per heavy atom. The molecule has 0 saturated heterocycles. The molecule has 0 radical (unpaired) electrons. The van der Waals surface area contributed by atoms with E-state index in [4.69, 9.17) is 5.11 Å². The topological polar surface area (TPSA) is 171 Å². The molecule has 12 nitrogen and oxygen atoms in total. The van der Waals surface area contributed by atoms with Crippen molar-refractivity contribution in [1.82, 2.24) is 15.0 Å². The normalized spacial score (nSPS) is 16.4. The molecule has 1 aromatic heterocycles. The molecular weight excluding hydrogens is 334 g/mol. The summed E-state index contributed by atoms with van der Waals surface area (Å²) >= 11 is 0. The fraction of sp³-hybridized carbons (Fsp3) is 0.692. The summed E-state index contributed by atoms with van der Waals surface area (Å²) in [6.07, 6.45) is -5.73. The van der Waals surface area contributed by atoms with Crippen molar-refractivity contribution in [2.45, 2.75) is 24.4 Å². The van der Waals surface area contributed by atoms with Crippen LogP contribution in [0.3, 0.4) is 0 Å². The first-order valence-electron chi connectivity index (χ1n) is 7.40. The highest BCUT2D eigenvalue weighted by Gasteiger charge is 2.29. The zero-order chi connectivity index (χ0) is 19.1. The fourth-order valence-electron chi connectivity index (χ4n) is 1.60. The lowest BCUT2D eigenvalue weighted by atomic mass is 10.0. The van der Waals surface area contributed by atoms with Crippen LogP contribution in [-0.2, 0) is 0 Å². The van der Waals surface area contributed by atoms with Crippen molar-refractivity contribution in [1.29, 1.82) is 0 Å². The maximum absolute atomic E-state index is 9.73. The molecule has 0 aliphatic carbocycles. The average Bonchev–Trinajstić information content (AvgIpc) is 2.59. The van der Waals surface area contributed by atoms with Gasteiger partial charge in [0.05, 0.1) is 12.8 Å². The summed E-state index contributed by atoms with van der Waals surface area (Å²) in [7, 11) is 7.04. The molecule has 0 aromatic carbocycles. The van der Waals surface area contributed by atoms with Crippen LogP contribution in [0.15, 0.2) is 5.10 Å². The van der Waals surface area contributed by atoms with E-state index in [2.05, 4.69) is 25.5 Å². The van der Waals surface area contributed by atoms with E-state index >= 15 is 0 Å². The van der Waals surface area contributed by atoms with Gasteiger partial charge < -0.3 is 35.3 Å². The summed E-state index contributed by atoms with van der Waals surface area (Å²) in [5, 5.41) is 50.6. The molecule has 1 heterocycles. The van der Waals surface area contributed by atoms with Crippen molar-refractivity contribution in [3.63, 3.8) is 0 Å². The Kier molecular flexibility index (Phi) is 7.86. The fourth-order valence-corrected chi connectivity index (χ4v) is 1.60. The highest BCUT2D eigenvalue weighted by Crippen LogP contribution is 2.13. The van der Waals surface area contributed by atoms with Gasteiger partial charge in [0.15, 0.2) is 0 Å². The van der Waals surface area contributed by atoms with Crippen molar-refractivity contribution in [3.05, 3.63) is 0 Å². The van der Waals surface area contributed by atoms with Crippen LogP contribution in [0, 0.1) is 0 Å². The second kappa shape index (κ2) is 9.39. The van der Waals surface area contributed by atoms with E-state index < -0.39 is 31.0 Å². The van der Waals surface area contributed by atoms with Crippen LogP contribution < -0.4 is 15.2 Å². The maximum Gasteiger partial charge on any atom is 0.250 e. The summed E-state index contributed by atoms with van der Waals surface area (Å²) in [6.45, 7) is -0.758. The lowest BCUT2D eigenvalue weighted by Gasteiger charge is -2.23. The van der Waals surface area contributed by atoms with Crippen LogP contribution in [-0.4, -0.2) is 106 Å². The molecule has 1 aromatic rings. The summed E-state index contributed by atoms with van der Waals surface area (Å²) in [4.78, 5) is 15.8. The van der Waals surface area contributed by atoms with E-state index in [-0.39, 0.29) is 5.95 Å². The molecule has 0 fully saturated rings. The quantitative estimate of drug-likeness (QED) is 0.194. The third-order valence-electron chi connectivity index (χ3n) is 3.08. The van der Waals surface area contributed by atoms with Crippen molar-refractivity contribution in [2.75, 3.05) is 50.0 Å². The molecule has 1 rings (SSSR count). The first-order chi connectivity index (χ1) is 11.7. The van der Waals surface area contributed by atoms with Crippen molar-refractivity contribution >= 4 is 24.1 Å². The molecule has 25 heavy (non-hydrogen) atoms. The minimum Gasteiger partial charge on any atom is -0.394 e. The third kappa shape index (κ3) is 6.03. The Morgan fingerprint density at radius 1 is 0.960 bits per heavy atom. The predicted octanol–water partition coefficient (Wildman–Crippen LogP) is -3.16. The Balaban J connectivity index is 2.81. The number of hydrogen-bond donors (Lipinski definition) is 6. The third-order valence-corrected chi connectivity index (χ3v) is 3.08. The molecule has 0 spiro atoms. The SMILES string of the molecule is CN(C)c1nc(N/N=C\C(O)C(O)C(O)C(O)CO)nc(N(C)C)n1. The predicted molar refractivity (Wildman–Crippen MR) is 91.7 cm³/mol. The number of nitrogens with one attached hydrogen (secondary N) is 1. The lowest BCUT2D eigenvalue weighted by molar-refractivity contribution is -0.0999. The molecule has 6 N–H and O–H groups in total. The zero-order valence-corrected chi connectivity index (χ0v) is 14.5. The Bertz CT molecular complexity index is 545. The van der Waals surface area contributed by atoms with E-state index in [1.165, 1.54) is 0 Å². The second-order valence-corrected chi connectivity index (χ2v) is 5.66. The second-order valence-electron chi connectivity index (χ2n) is 5.66. The summed E-state index contributed by atoms with van der Waals surface area (Å²) in [5.41, 5.74) is 2.49. The van der Waals surface area contributed by atoms with Crippen LogP contribution in [0.25, 0.3) is 0 Å². The van der Waals surface area contributed by atoms with Crippen molar-refractivity contribution < 1.29 is 25.5 Å². The first kappa shape index (κ1) is 20.9. The van der Waals surface area contributed by atoms with Crippen LogP contribution >= 0.6 is 0 Å². The average molecular weight is 359 g/mol. The van der Waals surface area contributed by atoms with Gasteiger partial charge in [0.1, 0.15) is 24.4 Å². The van der Waals surface area contributed by atoms with Crippen molar-refractivity contribution in [2.24, 2.45) is 5.10 Å². The van der Waals surface area contributed by atoms with Gasteiger partial charge in [-0.25, -0.2) is 5.43 Å². The van der Waals surface area contributed by atoms with Gasteiger partial charge in [-0.05, 0) is 0 Å². The number of aliphatic hydroxyl groups is 5. The van der Waals surface area contributed by atoms with E-state index in [9.17, 15) is 20.4 Å². The zero-order valence-electron chi connectivity index (χ0n) is 14.5. The Labute approximate surface area is 145 Å². The van der Waals surface area contributed by atoms with Gasteiger partial charge >= 0.3 is 0 Å². The van der Waals surface area contributed by atoms with E-state index in [0.717, 1.165) is 6.21 Å². The molecule has 12 heteroatoms. The highest BCUT2D eigenvalue weighted by atomic mass is 16.4. The molecular formula is C13H25N7O5. The molecule has 4 unspecified atom stereocenters. The molecule has 4 atom stereocenters. The number of hydrogen-bond acceptors (Lipinski definition) is 12. The number of anilines is 3. The van der Waals surface area contributed by atoms with Crippen LogP contribution in [0.5, 0.6) is 0 Å². The summed E-state index contributed by atoms with van der Waals surface area (Å²) < 4.78 is 0. The van der Waals surface area contributed by atoms with Crippen LogP contribution in [0.2, 0.25) is 0 Å². The smallest absolute Gasteiger partial charge is 0.250 e. The monoisotopic (exact) mass is 359 g/mol. The van der Waals surface area contributed by atoms with Gasteiger partial charge in [-0.1, -0.05) is 0 Å². The number of rotatable bonds is 9. The molecule has 0 saturated carbocycles. The van der Waals surface area contributed by atoms with E-state index in [1.807, 2.05) is 0 Å². The van der Waals surface area contributed by atoms with Gasteiger partial charge in [0, 0.05) is 28.2 Å². The molecule has 0 aliphatic heterocycles. The lowest BCUT2D eigenvalue weighted by Crippen LogP contribution is -2.46. The summed E-state index contributed by atoms with van der Waals surface area (Å²) in [5.74, 6) is 0.883. The van der Waals surface area contributed by atoms with E-state index in [0.29, 0.717) is 11.9 Å². The largest absolute Gasteiger partial charge is 0.394 e. The molecule has 0 amide bonds. The highest BCUT2D eigenvalue weighted by molar-refractivity contribution is 5.64. The van der Waals surface area contributed by atoms with E-state index in [1.54, 1.807) is 38.0 Å². The summed E-state index contributed by atoms with van der Waals surface area (Å²) in [6, 6.07) is 0. The standard InChI is InChI=1S/C13H25N7O5/c1-19(2)12-15-11(16-13(17-12)20(3)4)18-14-5-7(22)9(24)10(25)8(23)6-21/h5,7-10,21-25H,6H2,1-4H3,(H,15,16,17,18)/b14-5-. The molecule has 0 bridgehead atoms. The van der Waals surface area contributed by atoms with Crippen LogP contribution in [0.4, 0.5) is 17.8 Å². The Morgan fingerprint density at radius 2 is 1.48 bits per heavy atom. The Hall–Kier alpha value is -2.12. The maximum atomic E-state index is 9.73. The van der Waals surface area contributed by atoms with Crippen LogP contribution in [0.1, 0.15) is 0 Å². The van der Waals surface area contributed by atoms with Crippen molar-refractivity contribution in [3.8, 4) is 0 Å². The minimum atomic E-state index is -1.74. The first-order valence-corrected chi connectivity index (χ1v) is 7.40. The molecule has 0 aliphatic rings. The van der Waals surface area contributed by atoms with Gasteiger partial charge in [-0.3, -0.25) is 0 Å². The van der Waals surface area contributed by atoms with Gasteiger partial charge in [-0.15, -0.1) is 0 Å². The number of hydrazone groups is 1. The molecule has 142 valence electrons. The number of nitrogens with zero attached hydrogens (tertiary/aromatic N) is 6. The van der Waals surface area contributed by atoms with Gasteiger partial charge in [-0.2, -0.15) is 20.1 Å². The van der Waals surface area contributed by atoms with Gasteiger partial charge in [0.2, 0.25) is 17.8 Å². The minimum absolute atomic E-state index is 0.108. The number of aromatic nitrogens is 3. The number of aliphatic hydroxyl groups excluding tert-OH is 5.